The third-order valence-corrected chi connectivity index (χ3v) is 5.65. The van der Waals surface area contributed by atoms with Gasteiger partial charge in [-0.05, 0) is 55.0 Å². The topological polar surface area (TPSA) is 47.6 Å². The maximum absolute atomic E-state index is 12.5. The molecule has 3 aromatic carbocycles. The van der Waals surface area contributed by atoms with Crippen LogP contribution in [0.1, 0.15) is 28.4 Å². The van der Waals surface area contributed by atoms with E-state index in [0.717, 1.165) is 16.9 Å². The average Bonchev–Trinajstić information content (AvgIpc) is 2.75. The summed E-state index contributed by atoms with van der Waals surface area (Å²) in [5.41, 5.74) is 2.30. The molecule has 31 heavy (non-hydrogen) atoms. The Morgan fingerprint density at radius 2 is 1.77 bits per heavy atom. The maximum Gasteiger partial charge on any atom is 0.257 e. The molecule has 0 aromatic heterocycles. The molecule has 158 valence electrons. The van der Waals surface area contributed by atoms with Crippen molar-refractivity contribution in [2.45, 2.75) is 19.1 Å². The van der Waals surface area contributed by atoms with Crippen molar-refractivity contribution in [3.63, 3.8) is 0 Å². The van der Waals surface area contributed by atoms with E-state index in [1.54, 1.807) is 30.3 Å². The third kappa shape index (κ3) is 5.10. The first-order valence-electron chi connectivity index (χ1n) is 9.83. The number of carbonyl (C=O) groups is 1. The number of nitrogens with one attached hydrogen (secondary N) is 1. The van der Waals surface area contributed by atoms with Crippen LogP contribution in [-0.2, 0) is 11.3 Å². The van der Waals surface area contributed by atoms with Gasteiger partial charge in [0, 0.05) is 16.3 Å². The molecule has 0 fully saturated rings. The highest BCUT2D eigenvalue weighted by Gasteiger charge is 2.28. The fourth-order valence-corrected chi connectivity index (χ4v) is 3.71. The lowest BCUT2D eigenvalue weighted by Crippen LogP contribution is -2.37. The van der Waals surface area contributed by atoms with Crippen molar-refractivity contribution >= 4 is 40.9 Å². The molecule has 4 rings (SSSR count). The molecule has 0 saturated carbocycles. The van der Waals surface area contributed by atoms with Crippen LogP contribution in [0.3, 0.4) is 0 Å². The van der Waals surface area contributed by atoms with E-state index < -0.39 is 5.60 Å². The first-order chi connectivity index (χ1) is 14.9. The summed E-state index contributed by atoms with van der Waals surface area (Å²) < 4.78 is 12.0. The van der Waals surface area contributed by atoms with Crippen molar-refractivity contribution in [2.75, 3.05) is 11.9 Å². The summed E-state index contributed by atoms with van der Waals surface area (Å²) in [5, 5.41) is 3.97. The molecule has 3 aromatic rings. The summed E-state index contributed by atoms with van der Waals surface area (Å²) >= 11 is 12.3. The Hall–Kier alpha value is -2.79. The van der Waals surface area contributed by atoms with Crippen molar-refractivity contribution in [3.05, 3.63) is 99.5 Å². The Labute approximate surface area is 191 Å². The summed E-state index contributed by atoms with van der Waals surface area (Å²) in [4.78, 5) is 12.5. The summed E-state index contributed by atoms with van der Waals surface area (Å²) in [6.07, 6.45) is 3.93. The lowest BCUT2D eigenvalue weighted by atomic mass is 10.0. The first kappa shape index (κ1) is 21.4. The van der Waals surface area contributed by atoms with Gasteiger partial charge in [-0.25, -0.2) is 0 Å². The van der Waals surface area contributed by atoms with E-state index in [0.29, 0.717) is 34.5 Å². The predicted octanol–water partition coefficient (Wildman–Crippen LogP) is 6.63. The van der Waals surface area contributed by atoms with Crippen LogP contribution < -0.4 is 10.1 Å². The maximum atomic E-state index is 12.5. The predicted molar refractivity (Wildman–Crippen MR) is 125 cm³/mol. The van der Waals surface area contributed by atoms with Crippen LogP contribution in [0.25, 0.3) is 6.08 Å². The number of rotatable bonds is 6. The molecule has 0 bridgehead atoms. The standard InChI is InChI=1S/C25H21Cl2NO3/c1-25(16-30-15-18-6-2-4-8-21(18)26)13-12-17-14-19(10-11-23(17)31-25)28-24(29)20-7-3-5-9-22(20)27/h2-14H,15-16H2,1H3,(H,28,29). The molecule has 4 nitrogen and oxygen atoms in total. The van der Waals surface area contributed by atoms with E-state index in [-0.39, 0.29) is 5.91 Å². The van der Waals surface area contributed by atoms with Crippen LogP contribution in [0.4, 0.5) is 5.69 Å². The lowest BCUT2D eigenvalue weighted by molar-refractivity contribution is 0.00634. The fourth-order valence-electron chi connectivity index (χ4n) is 3.30. The minimum absolute atomic E-state index is 0.260. The number of anilines is 1. The Balaban J connectivity index is 1.40. The fraction of sp³-hybridized carbons (Fsp3) is 0.160. The van der Waals surface area contributed by atoms with Crippen LogP contribution in [0.5, 0.6) is 5.75 Å². The number of hydrogen-bond acceptors (Lipinski definition) is 3. The van der Waals surface area contributed by atoms with E-state index in [4.69, 9.17) is 32.7 Å². The Morgan fingerprint density at radius 1 is 1.03 bits per heavy atom. The molecule has 0 radical (unpaired) electrons. The Kier molecular flexibility index (Phi) is 6.33. The normalized spacial score (nSPS) is 17.0. The second-order valence-electron chi connectivity index (χ2n) is 7.52. The molecule has 1 heterocycles. The molecule has 0 spiro atoms. The molecule has 1 atom stereocenters. The summed E-state index contributed by atoms with van der Waals surface area (Å²) in [7, 11) is 0. The van der Waals surface area contributed by atoms with E-state index in [1.807, 2.05) is 55.5 Å². The smallest absolute Gasteiger partial charge is 0.257 e. The zero-order valence-electron chi connectivity index (χ0n) is 16.9. The van der Waals surface area contributed by atoms with Crippen LogP contribution in [0, 0.1) is 0 Å². The minimum atomic E-state index is -0.601. The molecule has 1 N–H and O–H groups in total. The molecular weight excluding hydrogens is 433 g/mol. The van der Waals surface area contributed by atoms with Gasteiger partial charge in [-0.15, -0.1) is 0 Å². The molecule has 0 aliphatic carbocycles. The van der Waals surface area contributed by atoms with Gasteiger partial charge in [0.25, 0.3) is 5.91 Å². The lowest BCUT2D eigenvalue weighted by Gasteiger charge is -2.31. The number of fused-ring (bicyclic) bond motifs is 1. The van der Waals surface area contributed by atoms with Gasteiger partial charge >= 0.3 is 0 Å². The van der Waals surface area contributed by atoms with E-state index in [9.17, 15) is 4.79 Å². The van der Waals surface area contributed by atoms with Crippen molar-refractivity contribution in [1.29, 1.82) is 0 Å². The minimum Gasteiger partial charge on any atom is -0.480 e. The molecule has 1 aliphatic heterocycles. The van der Waals surface area contributed by atoms with Crippen molar-refractivity contribution < 1.29 is 14.3 Å². The van der Waals surface area contributed by atoms with Gasteiger partial charge in [-0.1, -0.05) is 59.6 Å². The Bertz CT molecular complexity index is 1150. The van der Waals surface area contributed by atoms with E-state index in [2.05, 4.69) is 5.32 Å². The van der Waals surface area contributed by atoms with E-state index in [1.165, 1.54) is 0 Å². The monoisotopic (exact) mass is 453 g/mol. The number of ether oxygens (including phenoxy) is 2. The van der Waals surface area contributed by atoms with Crippen molar-refractivity contribution in [1.82, 2.24) is 0 Å². The Morgan fingerprint density at radius 3 is 2.55 bits per heavy atom. The van der Waals surface area contributed by atoms with Crippen LogP contribution in [0.15, 0.2) is 72.8 Å². The van der Waals surface area contributed by atoms with Gasteiger partial charge in [0.15, 0.2) is 0 Å². The van der Waals surface area contributed by atoms with Gasteiger partial charge in [-0.2, -0.15) is 0 Å². The first-order valence-corrected chi connectivity index (χ1v) is 10.6. The van der Waals surface area contributed by atoms with Crippen molar-refractivity contribution in [2.24, 2.45) is 0 Å². The van der Waals surface area contributed by atoms with Gasteiger partial charge in [-0.3, -0.25) is 4.79 Å². The second-order valence-corrected chi connectivity index (χ2v) is 8.33. The van der Waals surface area contributed by atoms with Gasteiger partial charge in [0.05, 0.1) is 23.8 Å². The highest BCUT2D eigenvalue weighted by Crippen LogP contribution is 2.33. The summed E-state index contributed by atoms with van der Waals surface area (Å²) in [5.74, 6) is 0.464. The third-order valence-electron chi connectivity index (χ3n) is 4.95. The number of halogens is 2. The van der Waals surface area contributed by atoms with Crippen LogP contribution in [0.2, 0.25) is 10.0 Å². The highest BCUT2D eigenvalue weighted by atomic mass is 35.5. The van der Waals surface area contributed by atoms with Crippen LogP contribution >= 0.6 is 23.2 Å². The zero-order valence-corrected chi connectivity index (χ0v) is 18.4. The molecule has 1 aliphatic rings. The highest BCUT2D eigenvalue weighted by molar-refractivity contribution is 6.34. The number of hydrogen-bond donors (Lipinski definition) is 1. The molecule has 1 amide bonds. The quantitative estimate of drug-likeness (QED) is 0.455. The van der Waals surface area contributed by atoms with E-state index >= 15 is 0 Å². The SMILES string of the molecule is CC1(COCc2ccccc2Cl)C=Cc2cc(NC(=O)c3ccccc3Cl)ccc2O1. The largest absolute Gasteiger partial charge is 0.480 e. The van der Waals surface area contributed by atoms with Crippen LogP contribution in [-0.4, -0.2) is 18.1 Å². The van der Waals surface area contributed by atoms with Gasteiger partial charge < -0.3 is 14.8 Å². The second kappa shape index (κ2) is 9.15. The molecule has 6 heteroatoms. The number of benzene rings is 3. The van der Waals surface area contributed by atoms with Gasteiger partial charge in [0.1, 0.15) is 11.4 Å². The zero-order chi connectivity index (χ0) is 21.8. The number of carbonyl (C=O) groups excluding carboxylic acids is 1. The molecule has 0 saturated heterocycles. The molecular formula is C25H21Cl2NO3. The van der Waals surface area contributed by atoms with Crippen molar-refractivity contribution in [3.8, 4) is 5.75 Å². The summed E-state index contributed by atoms with van der Waals surface area (Å²) in [6.45, 7) is 2.75. The average molecular weight is 454 g/mol. The summed E-state index contributed by atoms with van der Waals surface area (Å²) in [6, 6.07) is 20.1. The molecule has 1 unspecified atom stereocenters. The van der Waals surface area contributed by atoms with Gasteiger partial charge in [0.2, 0.25) is 0 Å². The number of amides is 1.